The third kappa shape index (κ3) is 4.73. The van der Waals surface area contributed by atoms with Crippen molar-refractivity contribution in [3.8, 4) is 22.6 Å². The van der Waals surface area contributed by atoms with Crippen LogP contribution in [0.15, 0.2) is 42.6 Å². The highest BCUT2D eigenvalue weighted by molar-refractivity contribution is 5.76. The molecule has 0 aliphatic heterocycles. The summed E-state index contributed by atoms with van der Waals surface area (Å²) in [7, 11) is 3.25. The number of rotatable bonds is 11. The maximum atomic E-state index is 5.67. The van der Waals surface area contributed by atoms with Crippen molar-refractivity contribution in [2.24, 2.45) is 0 Å². The number of aromatic amines is 1. The van der Waals surface area contributed by atoms with Gasteiger partial charge < -0.3 is 9.47 Å². The van der Waals surface area contributed by atoms with Crippen LogP contribution in [0, 0.1) is 0 Å². The van der Waals surface area contributed by atoms with Gasteiger partial charge in [0.25, 0.3) is 0 Å². The van der Waals surface area contributed by atoms with Crippen molar-refractivity contribution in [2.45, 2.75) is 51.9 Å². The van der Waals surface area contributed by atoms with E-state index < -0.39 is 5.79 Å². The molecule has 0 unspecified atom stereocenters. The molecule has 178 valence electrons. The average Bonchev–Trinajstić information content (AvgIpc) is 3.56. The van der Waals surface area contributed by atoms with Gasteiger partial charge >= 0.3 is 0 Å². The Hall–Kier alpha value is -3.50. The third-order valence-corrected chi connectivity index (χ3v) is 5.92. The number of aryl methyl sites for hydroxylation is 1. The highest BCUT2D eigenvalue weighted by Crippen LogP contribution is 2.29. The molecule has 3 aromatic heterocycles. The van der Waals surface area contributed by atoms with Gasteiger partial charge in [0, 0.05) is 50.9 Å². The first-order valence-electron chi connectivity index (χ1n) is 11.5. The van der Waals surface area contributed by atoms with Crippen LogP contribution in [0.4, 0.5) is 0 Å². The van der Waals surface area contributed by atoms with E-state index in [0.717, 1.165) is 47.6 Å². The Morgan fingerprint density at radius 3 is 2.50 bits per heavy atom. The average molecular weight is 463 g/mol. The fourth-order valence-corrected chi connectivity index (χ4v) is 3.92. The summed E-state index contributed by atoms with van der Waals surface area (Å²) in [6.45, 7) is 4.96. The number of hydrogen-bond acceptors (Lipinski definition) is 8. The van der Waals surface area contributed by atoms with E-state index in [1.165, 1.54) is 0 Å². The van der Waals surface area contributed by atoms with Gasteiger partial charge in [-0.05, 0) is 29.3 Å². The van der Waals surface area contributed by atoms with E-state index in [1.807, 2.05) is 23.7 Å². The van der Waals surface area contributed by atoms with Crippen molar-refractivity contribution in [1.82, 2.24) is 40.4 Å². The topological polar surface area (TPSA) is 117 Å². The predicted molar refractivity (Wildman–Crippen MR) is 127 cm³/mol. The molecule has 0 radical (unpaired) electrons. The molecule has 10 heteroatoms. The summed E-state index contributed by atoms with van der Waals surface area (Å²) in [5.41, 5.74) is 3.72. The van der Waals surface area contributed by atoms with Gasteiger partial charge in [-0.3, -0.25) is 4.98 Å². The minimum Gasteiger partial charge on any atom is -0.347 e. The summed E-state index contributed by atoms with van der Waals surface area (Å²) >= 11 is 0. The number of nitrogens with zero attached hydrogens (tertiary/aromatic N) is 7. The summed E-state index contributed by atoms with van der Waals surface area (Å²) in [5.74, 6) is 1.01. The molecule has 0 aliphatic carbocycles. The molecule has 0 atom stereocenters. The Morgan fingerprint density at radius 2 is 1.85 bits per heavy atom. The zero-order chi connectivity index (χ0) is 24.0. The molecule has 0 bridgehead atoms. The molecule has 10 nitrogen and oxygen atoms in total. The van der Waals surface area contributed by atoms with Crippen LogP contribution in [0.5, 0.6) is 0 Å². The largest absolute Gasteiger partial charge is 0.347 e. The normalized spacial score (nSPS) is 11.8. The van der Waals surface area contributed by atoms with Gasteiger partial charge in [0.15, 0.2) is 0 Å². The molecule has 4 aromatic rings. The number of pyridine rings is 1. The fourth-order valence-electron chi connectivity index (χ4n) is 3.92. The number of nitrogens with one attached hydrogen (secondary N) is 1. The van der Waals surface area contributed by atoms with Crippen LogP contribution in [0.25, 0.3) is 22.6 Å². The van der Waals surface area contributed by atoms with Crippen molar-refractivity contribution in [2.75, 3.05) is 14.2 Å². The van der Waals surface area contributed by atoms with E-state index in [2.05, 4.69) is 56.8 Å². The van der Waals surface area contributed by atoms with E-state index in [-0.39, 0.29) is 0 Å². The molecule has 4 rings (SSSR count). The summed E-state index contributed by atoms with van der Waals surface area (Å²) in [6.07, 6.45) is 5.11. The van der Waals surface area contributed by atoms with E-state index in [0.29, 0.717) is 24.5 Å². The van der Waals surface area contributed by atoms with Crippen LogP contribution in [0.2, 0.25) is 0 Å². The number of methoxy groups -OCH3 is 2. The molecule has 0 fully saturated rings. The first kappa shape index (κ1) is 23.7. The van der Waals surface area contributed by atoms with Crippen LogP contribution < -0.4 is 0 Å². The van der Waals surface area contributed by atoms with Gasteiger partial charge in [0.05, 0.1) is 5.69 Å². The van der Waals surface area contributed by atoms with Crippen molar-refractivity contribution < 1.29 is 9.47 Å². The van der Waals surface area contributed by atoms with Crippen molar-refractivity contribution in [3.63, 3.8) is 0 Å². The Kier molecular flexibility index (Phi) is 7.39. The lowest BCUT2D eigenvalue weighted by Crippen LogP contribution is -2.31. The van der Waals surface area contributed by atoms with Crippen LogP contribution >= 0.6 is 0 Å². The maximum absolute atomic E-state index is 5.67. The summed E-state index contributed by atoms with van der Waals surface area (Å²) in [6, 6.07) is 12.1. The smallest absolute Gasteiger partial charge is 0.231 e. The zero-order valence-electron chi connectivity index (χ0n) is 20.0. The summed E-state index contributed by atoms with van der Waals surface area (Å²) in [5, 5.41) is 19.1. The second-order valence-electron chi connectivity index (χ2n) is 7.95. The van der Waals surface area contributed by atoms with Gasteiger partial charge in [-0.1, -0.05) is 44.5 Å². The monoisotopic (exact) mass is 462 g/mol. The number of tetrazole rings is 1. The van der Waals surface area contributed by atoms with E-state index in [1.54, 1.807) is 20.4 Å². The van der Waals surface area contributed by atoms with Gasteiger partial charge in [0.2, 0.25) is 17.4 Å². The first-order valence-corrected chi connectivity index (χ1v) is 11.5. The molecular weight excluding hydrogens is 432 g/mol. The molecule has 3 heterocycles. The number of H-pyrrole nitrogens is 1. The lowest BCUT2D eigenvalue weighted by atomic mass is 10.0. The van der Waals surface area contributed by atoms with E-state index in [9.17, 15) is 0 Å². The van der Waals surface area contributed by atoms with Gasteiger partial charge in [0.1, 0.15) is 5.82 Å². The minimum absolute atomic E-state index is 0.513. The summed E-state index contributed by atoms with van der Waals surface area (Å²) < 4.78 is 13.3. The molecule has 0 saturated heterocycles. The molecule has 0 saturated carbocycles. The highest BCUT2D eigenvalue weighted by atomic mass is 16.7. The SMILES string of the molecule is CCCCn1nc(C(CC)(OC)OC)nc1Cc1ccc(-c2ncccc2-c2nn[nH]n2)cc1. The Balaban J connectivity index is 1.62. The first-order chi connectivity index (χ1) is 16.6. The molecular formula is C24H30N8O2. The van der Waals surface area contributed by atoms with E-state index >= 15 is 0 Å². The minimum atomic E-state index is -0.944. The fraction of sp³-hybridized carbons (Fsp3) is 0.417. The summed E-state index contributed by atoms with van der Waals surface area (Å²) in [4.78, 5) is 9.38. The Morgan fingerprint density at radius 1 is 1.06 bits per heavy atom. The second kappa shape index (κ2) is 10.6. The molecule has 1 N–H and O–H groups in total. The number of aromatic nitrogens is 8. The van der Waals surface area contributed by atoms with Crippen LogP contribution in [-0.2, 0) is 28.2 Å². The van der Waals surface area contributed by atoms with Crippen LogP contribution in [-0.4, -0.2) is 54.6 Å². The molecule has 0 aliphatic rings. The molecule has 0 amide bonds. The Bertz CT molecular complexity index is 1180. The van der Waals surface area contributed by atoms with Crippen LogP contribution in [0.3, 0.4) is 0 Å². The molecule has 0 spiro atoms. The quantitative estimate of drug-likeness (QED) is 0.335. The molecule has 34 heavy (non-hydrogen) atoms. The number of ether oxygens (including phenoxy) is 2. The van der Waals surface area contributed by atoms with E-state index in [4.69, 9.17) is 19.6 Å². The third-order valence-electron chi connectivity index (χ3n) is 5.92. The number of benzene rings is 1. The lowest BCUT2D eigenvalue weighted by molar-refractivity contribution is -0.222. The van der Waals surface area contributed by atoms with Crippen molar-refractivity contribution in [1.29, 1.82) is 0 Å². The standard InChI is InChI=1S/C24H30N8O2/c1-5-7-15-32-20(26-23(29-32)24(6-2,33-3)34-4)16-17-10-12-18(13-11-17)21-19(9-8-14-25-21)22-27-30-31-28-22/h8-14H,5-7,15-16H2,1-4H3,(H,27,28,30,31). The van der Waals surface area contributed by atoms with Crippen LogP contribution in [0.1, 0.15) is 50.3 Å². The van der Waals surface area contributed by atoms with Crippen molar-refractivity contribution in [3.05, 3.63) is 59.8 Å². The maximum Gasteiger partial charge on any atom is 0.231 e. The second-order valence-corrected chi connectivity index (χ2v) is 7.95. The van der Waals surface area contributed by atoms with Gasteiger partial charge in [-0.25, -0.2) is 9.67 Å². The zero-order valence-corrected chi connectivity index (χ0v) is 20.0. The number of hydrogen-bond donors (Lipinski definition) is 1. The molecule has 1 aromatic carbocycles. The number of unbranched alkanes of at least 4 members (excludes halogenated alkanes) is 1. The van der Waals surface area contributed by atoms with Gasteiger partial charge in [-0.2, -0.15) is 10.3 Å². The lowest BCUT2D eigenvalue weighted by Gasteiger charge is -2.26. The van der Waals surface area contributed by atoms with Gasteiger partial charge in [-0.15, -0.1) is 10.2 Å². The Labute approximate surface area is 198 Å². The highest BCUT2D eigenvalue weighted by Gasteiger charge is 2.35. The van der Waals surface area contributed by atoms with Crippen molar-refractivity contribution >= 4 is 0 Å². The predicted octanol–water partition coefficient (Wildman–Crippen LogP) is 3.77.